The minimum absolute atomic E-state index is 0.0579. The molecule has 0 spiro atoms. The van der Waals surface area contributed by atoms with E-state index in [1.807, 2.05) is 13.0 Å². The highest BCUT2D eigenvalue weighted by Crippen LogP contribution is 2.25. The number of hydrogen-bond donors (Lipinski definition) is 3. The zero-order chi connectivity index (χ0) is 19.3. The molecule has 1 aromatic heterocycles. The van der Waals surface area contributed by atoms with Crippen LogP contribution in [0.4, 0.5) is 11.5 Å². The number of nitrogens with zero attached hydrogens (tertiary/aromatic N) is 1. The monoisotopic (exact) mass is 442 g/mol. The first kappa shape index (κ1) is 20.1. The highest BCUT2D eigenvalue weighted by atomic mass is 79.9. The van der Waals surface area contributed by atoms with Crippen molar-refractivity contribution in [2.24, 2.45) is 0 Å². The van der Waals surface area contributed by atoms with Gasteiger partial charge in [0.15, 0.2) is 0 Å². The van der Waals surface area contributed by atoms with Gasteiger partial charge in [0.1, 0.15) is 16.5 Å². The van der Waals surface area contributed by atoms with Gasteiger partial charge in [-0.1, -0.05) is 6.07 Å². The van der Waals surface area contributed by atoms with Crippen molar-refractivity contribution in [1.29, 1.82) is 0 Å². The Balaban J connectivity index is 1.98. The SMILES string of the molecule is COc1ccc(C)cc1NC(=O)CCNS(=O)(=O)c1cc(Br)cnc1N. The van der Waals surface area contributed by atoms with Gasteiger partial charge in [-0.05, 0) is 46.6 Å². The van der Waals surface area contributed by atoms with E-state index in [2.05, 4.69) is 31.0 Å². The third-order valence-electron chi connectivity index (χ3n) is 3.41. The summed E-state index contributed by atoms with van der Waals surface area (Å²) in [5.74, 6) is 0.0594. The number of nitrogen functional groups attached to an aromatic ring is 1. The maximum atomic E-state index is 12.3. The largest absolute Gasteiger partial charge is 0.495 e. The fourth-order valence-corrected chi connectivity index (χ4v) is 3.77. The molecule has 0 unspecified atom stereocenters. The van der Waals surface area contributed by atoms with Crippen molar-refractivity contribution in [2.45, 2.75) is 18.2 Å². The van der Waals surface area contributed by atoms with E-state index >= 15 is 0 Å². The molecule has 0 aliphatic rings. The Morgan fingerprint density at radius 3 is 2.77 bits per heavy atom. The van der Waals surface area contributed by atoms with Gasteiger partial charge in [-0.25, -0.2) is 18.1 Å². The van der Waals surface area contributed by atoms with E-state index in [0.29, 0.717) is 15.9 Å². The number of pyridine rings is 1. The number of aromatic nitrogens is 1. The number of rotatable bonds is 7. The van der Waals surface area contributed by atoms with Crippen LogP contribution in [0.3, 0.4) is 0 Å². The summed E-state index contributed by atoms with van der Waals surface area (Å²) in [6.45, 7) is 1.80. The summed E-state index contributed by atoms with van der Waals surface area (Å²) in [6, 6.07) is 6.73. The maximum absolute atomic E-state index is 12.3. The Morgan fingerprint density at radius 2 is 2.08 bits per heavy atom. The van der Waals surface area contributed by atoms with E-state index in [1.165, 1.54) is 19.4 Å². The molecule has 0 atom stereocenters. The van der Waals surface area contributed by atoms with Crippen LogP contribution >= 0.6 is 15.9 Å². The quantitative estimate of drug-likeness (QED) is 0.602. The number of ether oxygens (including phenoxy) is 1. The fraction of sp³-hybridized carbons (Fsp3) is 0.250. The first-order valence-corrected chi connectivity index (χ1v) is 9.85. The summed E-state index contributed by atoms with van der Waals surface area (Å²) in [5.41, 5.74) is 7.10. The molecule has 0 aliphatic heterocycles. The predicted molar refractivity (Wildman–Crippen MR) is 103 cm³/mol. The molecular formula is C16H19BrN4O4S. The number of nitrogens with two attached hydrogens (primary N) is 1. The minimum atomic E-state index is -3.87. The van der Waals surface area contributed by atoms with Crippen molar-refractivity contribution in [2.75, 3.05) is 24.7 Å². The Bertz CT molecular complexity index is 918. The van der Waals surface area contributed by atoms with Crippen LogP contribution in [0, 0.1) is 6.92 Å². The molecule has 0 bridgehead atoms. The smallest absolute Gasteiger partial charge is 0.244 e. The molecule has 8 nitrogen and oxygen atoms in total. The van der Waals surface area contributed by atoms with Gasteiger partial charge in [0.05, 0.1) is 12.8 Å². The Labute approximate surface area is 160 Å². The number of amides is 1. The molecule has 0 saturated carbocycles. The van der Waals surface area contributed by atoms with Gasteiger partial charge in [0.25, 0.3) is 0 Å². The van der Waals surface area contributed by atoms with E-state index < -0.39 is 10.0 Å². The topological polar surface area (TPSA) is 123 Å². The molecule has 10 heteroatoms. The summed E-state index contributed by atoms with van der Waals surface area (Å²) >= 11 is 3.15. The Hall–Kier alpha value is -2.17. The summed E-state index contributed by atoms with van der Waals surface area (Å²) in [4.78, 5) is 15.7. The van der Waals surface area contributed by atoms with E-state index in [9.17, 15) is 13.2 Å². The number of carbonyl (C=O) groups is 1. The van der Waals surface area contributed by atoms with Gasteiger partial charge in [0, 0.05) is 23.6 Å². The van der Waals surface area contributed by atoms with Crippen molar-refractivity contribution in [1.82, 2.24) is 9.71 Å². The molecule has 2 aromatic rings. The molecule has 0 saturated heterocycles. The van der Waals surface area contributed by atoms with E-state index in [1.54, 1.807) is 12.1 Å². The van der Waals surface area contributed by atoms with Crippen LogP contribution in [-0.2, 0) is 14.8 Å². The molecule has 4 N–H and O–H groups in total. The summed E-state index contributed by atoms with van der Waals surface area (Å²) in [7, 11) is -2.37. The van der Waals surface area contributed by atoms with Gasteiger partial charge < -0.3 is 15.8 Å². The number of anilines is 2. The molecule has 2 rings (SSSR count). The van der Waals surface area contributed by atoms with Crippen molar-refractivity contribution in [3.63, 3.8) is 0 Å². The van der Waals surface area contributed by atoms with Crippen LogP contribution in [0.5, 0.6) is 5.75 Å². The second-order valence-electron chi connectivity index (χ2n) is 5.44. The fourth-order valence-electron chi connectivity index (χ4n) is 2.16. The molecule has 140 valence electrons. The molecule has 1 aromatic carbocycles. The standard InChI is InChI=1S/C16H19BrN4O4S/c1-10-3-4-13(25-2)12(7-10)21-15(22)5-6-20-26(23,24)14-8-11(17)9-19-16(14)18/h3-4,7-9,20H,5-6H2,1-2H3,(H2,18,19)(H,21,22). The number of sulfonamides is 1. The zero-order valence-corrected chi connectivity index (χ0v) is 16.6. The average Bonchev–Trinajstić information content (AvgIpc) is 2.57. The first-order chi connectivity index (χ1) is 12.2. The van der Waals surface area contributed by atoms with Crippen LogP contribution in [0.2, 0.25) is 0 Å². The highest BCUT2D eigenvalue weighted by molar-refractivity contribution is 9.10. The van der Waals surface area contributed by atoms with Gasteiger partial charge >= 0.3 is 0 Å². The lowest BCUT2D eigenvalue weighted by Gasteiger charge is -2.12. The van der Waals surface area contributed by atoms with Gasteiger partial charge in [-0.2, -0.15) is 0 Å². The van der Waals surface area contributed by atoms with E-state index in [4.69, 9.17) is 10.5 Å². The van der Waals surface area contributed by atoms with Gasteiger partial charge in [0.2, 0.25) is 15.9 Å². The first-order valence-electron chi connectivity index (χ1n) is 7.58. The molecule has 26 heavy (non-hydrogen) atoms. The van der Waals surface area contributed by atoms with Crippen molar-refractivity contribution in [3.8, 4) is 5.75 Å². The third-order valence-corrected chi connectivity index (χ3v) is 5.33. The summed E-state index contributed by atoms with van der Waals surface area (Å²) in [6.07, 6.45) is 1.34. The third kappa shape index (κ3) is 5.16. The second kappa shape index (κ2) is 8.47. The summed E-state index contributed by atoms with van der Waals surface area (Å²) in [5, 5.41) is 2.71. The van der Waals surface area contributed by atoms with Crippen LogP contribution in [0.1, 0.15) is 12.0 Å². The molecule has 0 radical (unpaired) electrons. The normalized spacial score (nSPS) is 11.2. The molecular weight excluding hydrogens is 424 g/mol. The van der Waals surface area contributed by atoms with Crippen molar-refractivity contribution in [3.05, 3.63) is 40.5 Å². The lowest BCUT2D eigenvalue weighted by molar-refractivity contribution is -0.116. The highest BCUT2D eigenvalue weighted by Gasteiger charge is 2.19. The number of nitrogens with one attached hydrogen (secondary N) is 2. The molecule has 1 heterocycles. The number of methoxy groups -OCH3 is 1. The van der Waals surface area contributed by atoms with Crippen LogP contribution in [-0.4, -0.2) is 33.0 Å². The lowest BCUT2D eigenvalue weighted by atomic mass is 10.2. The number of carbonyl (C=O) groups excluding carboxylic acids is 1. The number of halogens is 1. The van der Waals surface area contributed by atoms with E-state index in [0.717, 1.165) is 5.56 Å². The number of hydrogen-bond acceptors (Lipinski definition) is 6. The molecule has 0 aliphatic carbocycles. The van der Waals surface area contributed by atoms with Crippen LogP contribution in [0.15, 0.2) is 39.8 Å². The number of benzene rings is 1. The van der Waals surface area contributed by atoms with Gasteiger partial charge in [-0.3, -0.25) is 4.79 Å². The maximum Gasteiger partial charge on any atom is 0.244 e. The predicted octanol–water partition coefficient (Wildman–Crippen LogP) is 2.05. The Kier molecular flexibility index (Phi) is 6.57. The van der Waals surface area contributed by atoms with Crippen LogP contribution < -0.4 is 20.5 Å². The van der Waals surface area contributed by atoms with Crippen LogP contribution in [0.25, 0.3) is 0 Å². The van der Waals surface area contributed by atoms with E-state index in [-0.39, 0.29) is 29.6 Å². The zero-order valence-electron chi connectivity index (χ0n) is 14.2. The second-order valence-corrected chi connectivity index (χ2v) is 8.09. The van der Waals surface area contributed by atoms with Crippen molar-refractivity contribution < 1.29 is 17.9 Å². The Morgan fingerprint density at radius 1 is 1.35 bits per heavy atom. The average molecular weight is 443 g/mol. The van der Waals surface area contributed by atoms with Gasteiger partial charge in [-0.15, -0.1) is 0 Å². The van der Waals surface area contributed by atoms with Crippen molar-refractivity contribution >= 4 is 43.4 Å². The lowest BCUT2D eigenvalue weighted by Crippen LogP contribution is -2.28. The molecule has 1 amide bonds. The summed E-state index contributed by atoms with van der Waals surface area (Å²) < 4.78 is 32.6. The number of aryl methyl sites for hydroxylation is 1. The molecule has 0 fully saturated rings. The minimum Gasteiger partial charge on any atom is -0.495 e.